The van der Waals surface area contributed by atoms with Crippen molar-refractivity contribution in [3.8, 4) is 23.0 Å². The maximum atomic E-state index is 11.8. The lowest BCUT2D eigenvalue weighted by atomic mass is 9.85. The summed E-state index contributed by atoms with van der Waals surface area (Å²) in [7, 11) is 1.48. The van der Waals surface area contributed by atoms with Crippen LogP contribution in [0.2, 0.25) is 0 Å². The van der Waals surface area contributed by atoms with E-state index in [1.54, 1.807) is 25.1 Å². The molecule has 2 N–H and O–H groups in total. The van der Waals surface area contributed by atoms with Crippen molar-refractivity contribution >= 4 is 5.97 Å². The van der Waals surface area contributed by atoms with Crippen molar-refractivity contribution in [2.45, 2.75) is 19.3 Å². The number of phenolic OH excluding ortho intramolecular Hbond substituents is 2. The van der Waals surface area contributed by atoms with E-state index in [4.69, 9.17) is 9.47 Å². The standard InChI is InChI=1S/C17H16O5/c1-9-5-12-11(7-17(20)22-15(12)8-14(9)19)10-3-4-13(18)16(6-10)21-2/h3-6,8,11,18-19H,7H2,1-2H3. The first-order valence-electron chi connectivity index (χ1n) is 6.90. The molecule has 2 aromatic carbocycles. The summed E-state index contributed by atoms with van der Waals surface area (Å²) in [6, 6.07) is 8.30. The summed E-state index contributed by atoms with van der Waals surface area (Å²) in [5.74, 6) is 0.310. The molecular weight excluding hydrogens is 284 g/mol. The molecule has 0 saturated heterocycles. The second kappa shape index (κ2) is 5.26. The van der Waals surface area contributed by atoms with E-state index < -0.39 is 0 Å². The third-order valence-electron chi connectivity index (χ3n) is 3.90. The molecule has 0 radical (unpaired) electrons. The van der Waals surface area contributed by atoms with Crippen LogP contribution in [0.25, 0.3) is 0 Å². The highest BCUT2D eigenvalue weighted by Gasteiger charge is 2.29. The van der Waals surface area contributed by atoms with Gasteiger partial charge in [-0.1, -0.05) is 6.07 Å². The van der Waals surface area contributed by atoms with E-state index >= 15 is 0 Å². The number of aromatic hydroxyl groups is 2. The smallest absolute Gasteiger partial charge is 0.312 e. The number of fused-ring (bicyclic) bond motifs is 1. The van der Waals surface area contributed by atoms with Gasteiger partial charge in [-0.25, -0.2) is 0 Å². The molecule has 0 aliphatic carbocycles. The van der Waals surface area contributed by atoms with Crippen LogP contribution in [0.1, 0.15) is 29.0 Å². The number of benzene rings is 2. The van der Waals surface area contributed by atoms with E-state index in [0.717, 1.165) is 11.1 Å². The first-order chi connectivity index (χ1) is 10.5. The largest absolute Gasteiger partial charge is 0.508 e. The van der Waals surface area contributed by atoms with Crippen LogP contribution in [0.3, 0.4) is 0 Å². The molecule has 5 heteroatoms. The molecule has 1 atom stereocenters. The molecule has 114 valence electrons. The van der Waals surface area contributed by atoms with E-state index in [-0.39, 0.29) is 29.8 Å². The predicted octanol–water partition coefficient (Wildman–Crippen LogP) is 2.86. The fourth-order valence-corrected chi connectivity index (χ4v) is 2.71. The maximum absolute atomic E-state index is 11.8. The second-order valence-electron chi connectivity index (χ2n) is 5.34. The molecule has 0 amide bonds. The van der Waals surface area contributed by atoms with Crippen molar-refractivity contribution < 1.29 is 24.5 Å². The SMILES string of the molecule is COc1cc(C2CC(=O)Oc3cc(O)c(C)cc32)ccc1O. The molecule has 0 aromatic heterocycles. The first kappa shape index (κ1) is 14.3. The highest BCUT2D eigenvalue weighted by Crippen LogP contribution is 2.43. The van der Waals surface area contributed by atoms with Crippen molar-refractivity contribution in [2.75, 3.05) is 7.11 Å². The zero-order valence-corrected chi connectivity index (χ0v) is 12.3. The number of hydrogen-bond acceptors (Lipinski definition) is 5. The lowest BCUT2D eigenvalue weighted by Gasteiger charge is -2.26. The van der Waals surface area contributed by atoms with Gasteiger partial charge in [0.2, 0.25) is 0 Å². The lowest BCUT2D eigenvalue weighted by Crippen LogP contribution is -2.21. The van der Waals surface area contributed by atoms with Gasteiger partial charge in [-0.15, -0.1) is 0 Å². The van der Waals surface area contributed by atoms with E-state index in [1.165, 1.54) is 13.2 Å². The third-order valence-corrected chi connectivity index (χ3v) is 3.90. The van der Waals surface area contributed by atoms with E-state index in [2.05, 4.69) is 0 Å². The van der Waals surface area contributed by atoms with Gasteiger partial charge in [0.05, 0.1) is 13.5 Å². The van der Waals surface area contributed by atoms with E-state index in [9.17, 15) is 15.0 Å². The quantitative estimate of drug-likeness (QED) is 0.659. The summed E-state index contributed by atoms with van der Waals surface area (Å²) in [4.78, 5) is 11.8. The fraction of sp³-hybridized carbons (Fsp3) is 0.235. The molecular formula is C17H16O5. The number of carbonyl (C=O) groups excluding carboxylic acids is 1. The van der Waals surface area contributed by atoms with Crippen molar-refractivity contribution in [1.29, 1.82) is 0 Å². The van der Waals surface area contributed by atoms with Gasteiger partial charge in [-0.2, -0.15) is 0 Å². The Morgan fingerprint density at radius 1 is 1.18 bits per heavy atom. The Morgan fingerprint density at radius 3 is 2.68 bits per heavy atom. The van der Waals surface area contributed by atoms with Gasteiger partial charge in [-0.05, 0) is 36.2 Å². The molecule has 2 aromatic rings. The molecule has 0 spiro atoms. The molecule has 0 fully saturated rings. The molecule has 3 rings (SSSR count). The number of carbonyl (C=O) groups is 1. The minimum absolute atomic E-state index is 0.0479. The summed E-state index contributed by atoms with van der Waals surface area (Å²) in [6.07, 6.45) is 0.200. The molecule has 1 unspecified atom stereocenters. The Hall–Kier alpha value is -2.69. The number of rotatable bonds is 2. The van der Waals surface area contributed by atoms with Gasteiger partial charge in [-0.3, -0.25) is 4.79 Å². The molecule has 5 nitrogen and oxygen atoms in total. The van der Waals surface area contributed by atoms with Crippen molar-refractivity contribution in [2.24, 2.45) is 0 Å². The van der Waals surface area contributed by atoms with Gasteiger partial charge >= 0.3 is 5.97 Å². The van der Waals surface area contributed by atoms with E-state index in [1.807, 2.05) is 6.07 Å². The number of hydrogen-bond donors (Lipinski definition) is 2. The first-order valence-corrected chi connectivity index (χ1v) is 6.90. The minimum Gasteiger partial charge on any atom is -0.508 e. The maximum Gasteiger partial charge on any atom is 0.312 e. The number of phenols is 2. The average Bonchev–Trinajstić information content (AvgIpc) is 2.49. The number of aryl methyl sites for hydroxylation is 1. The number of esters is 1. The molecule has 22 heavy (non-hydrogen) atoms. The van der Waals surface area contributed by atoms with Crippen molar-refractivity contribution in [1.82, 2.24) is 0 Å². The summed E-state index contributed by atoms with van der Waals surface area (Å²) in [5.41, 5.74) is 2.40. The average molecular weight is 300 g/mol. The summed E-state index contributed by atoms with van der Waals surface area (Å²) in [6.45, 7) is 1.79. The normalized spacial score (nSPS) is 16.8. The lowest BCUT2D eigenvalue weighted by molar-refractivity contribution is -0.135. The van der Waals surface area contributed by atoms with Crippen LogP contribution in [0.4, 0.5) is 0 Å². The van der Waals surface area contributed by atoms with Gasteiger partial charge < -0.3 is 19.7 Å². The van der Waals surface area contributed by atoms with Gasteiger partial charge in [0.1, 0.15) is 11.5 Å². The van der Waals surface area contributed by atoms with Crippen molar-refractivity contribution in [3.05, 3.63) is 47.0 Å². The molecule has 1 aliphatic heterocycles. The molecule has 0 bridgehead atoms. The van der Waals surface area contributed by atoms with Crippen LogP contribution in [0.5, 0.6) is 23.0 Å². The number of methoxy groups -OCH3 is 1. The topological polar surface area (TPSA) is 76.0 Å². The van der Waals surface area contributed by atoms with Crippen molar-refractivity contribution in [3.63, 3.8) is 0 Å². The van der Waals surface area contributed by atoms with Gasteiger partial charge in [0.15, 0.2) is 11.5 Å². The minimum atomic E-state index is -0.354. The molecule has 1 aliphatic rings. The molecule has 0 saturated carbocycles. The number of ether oxygens (including phenoxy) is 2. The van der Waals surface area contributed by atoms with E-state index in [0.29, 0.717) is 17.1 Å². The monoisotopic (exact) mass is 300 g/mol. The van der Waals surface area contributed by atoms with Crippen LogP contribution in [-0.4, -0.2) is 23.3 Å². The molecule has 1 heterocycles. The van der Waals surface area contributed by atoms with Crippen LogP contribution >= 0.6 is 0 Å². The van der Waals surface area contributed by atoms with Crippen LogP contribution < -0.4 is 9.47 Å². The highest BCUT2D eigenvalue weighted by molar-refractivity contribution is 5.78. The third kappa shape index (κ3) is 2.35. The summed E-state index contributed by atoms with van der Waals surface area (Å²) < 4.78 is 10.3. The van der Waals surface area contributed by atoms with Gasteiger partial charge in [0.25, 0.3) is 0 Å². The summed E-state index contributed by atoms with van der Waals surface area (Å²) >= 11 is 0. The Bertz CT molecular complexity index is 751. The summed E-state index contributed by atoms with van der Waals surface area (Å²) in [5, 5.41) is 19.5. The highest BCUT2D eigenvalue weighted by atomic mass is 16.5. The van der Waals surface area contributed by atoms with Gasteiger partial charge in [0, 0.05) is 17.5 Å². The second-order valence-corrected chi connectivity index (χ2v) is 5.34. The fourth-order valence-electron chi connectivity index (χ4n) is 2.71. The Labute approximate surface area is 127 Å². The zero-order chi connectivity index (χ0) is 15.9. The Kier molecular flexibility index (Phi) is 3.41. The van der Waals surface area contributed by atoms with Crippen LogP contribution in [-0.2, 0) is 4.79 Å². The zero-order valence-electron chi connectivity index (χ0n) is 12.3. The Balaban J connectivity index is 2.12. The predicted molar refractivity (Wildman–Crippen MR) is 79.6 cm³/mol. The Morgan fingerprint density at radius 2 is 1.95 bits per heavy atom. The van der Waals surface area contributed by atoms with Crippen LogP contribution in [0.15, 0.2) is 30.3 Å². The van der Waals surface area contributed by atoms with Crippen LogP contribution in [0, 0.1) is 6.92 Å².